The van der Waals surface area contributed by atoms with Crippen LogP contribution in [0.15, 0.2) is 0 Å². The molecule has 0 bridgehead atoms. The minimum absolute atomic E-state index is 0.00565. The van der Waals surface area contributed by atoms with Crippen LogP contribution in [0.3, 0.4) is 0 Å². The van der Waals surface area contributed by atoms with Gasteiger partial charge in [0.1, 0.15) is 6.04 Å². The summed E-state index contributed by atoms with van der Waals surface area (Å²) in [6, 6.07) is -0.659. The van der Waals surface area contributed by atoms with Crippen molar-refractivity contribution in [2.75, 3.05) is 19.8 Å². The van der Waals surface area contributed by atoms with E-state index in [2.05, 4.69) is 10.6 Å². The topological polar surface area (TPSA) is 105 Å². The zero-order valence-electron chi connectivity index (χ0n) is 13.6. The van der Waals surface area contributed by atoms with Crippen molar-refractivity contribution in [1.82, 2.24) is 10.6 Å². The first kappa shape index (κ1) is 17.7. The molecule has 1 unspecified atom stereocenters. The number of ether oxygens (including phenoxy) is 1. The van der Waals surface area contributed by atoms with Crippen LogP contribution in [0.5, 0.6) is 0 Å². The number of amides is 2. The summed E-state index contributed by atoms with van der Waals surface area (Å²) in [5, 5.41) is 14.9. The Kier molecular flexibility index (Phi) is 5.98. The lowest BCUT2D eigenvalue weighted by molar-refractivity contribution is -0.154. The van der Waals surface area contributed by atoms with Crippen LogP contribution in [-0.2, 0) is 19.1 Å². The second-order valence-corrected chi connectivity index (χ2v) is 6.63. The van der Waals surface area contributed by atoms with E-state index in [1.165, 1.54) is 0 Å². The third-order valence-corrected chi connectivity index (χ3v) is 4.98. The van der Waals surface area contributed by atoms with E-state index in [1.54, 1.807) is 6.92 Å². The third-order valence-electron chi connectivity index (χ3n) is 4.98. The Balaban J connectivity index is 1.82. The van der Waals surface area contributed by atoms with Gasteiger partial charge in [0.15, 0.2) is 0 Å². The van der Waals surface area contributed by atoms with Gasteiger partial charge in [-0.3, -0.25) is 14.4 Å². The van der Waals surface area contributed by atoms with Gasteiger partial charge < -0.3 is 20.5 Å². The first-order valence-electron chi connectivity index (χ1n) is 8.34. The maximum absolute atomic E-state index is 12.2. The largest absolute Gasteiger partial charge is 0.481 e. The number of carbonyl (C=O) groups is 3. The summed E-state index contributed by atoms with van der Waals surface area (Å²) in [6.45, 7) is 2.46. The van der Waals surface area contributed by atoms with Crippen molar-refractivity contribution in [3.8, 4) is 0 Å². The molecule has 2 aliphatic rings. The van der Waals surface area contributed by atoms with Crippen molar-refractivity contribution in [3.05, 3.63) is 0 Å². The Hall–Kier alpha value is -1.63. The van der Waals surface area contributed by atoms with Gasteiger partial charge in [0.05, 0.1) is 5.41 Å². The highest BCUT2D eigenvalue weighted by atomic mass is 16.5. The van der Waals surface area contributed by atoms with Gasteiger partial charge in [0.25, 0.3) is 0 Å². The fourth-order valence-corrected chi connectivity index (χ4v) is 3.22. The molecule has 0 aromatic heterocycles. The van der Waals surface area contributed by atoms with Gasteiger partial charge in [-0.05, 0) is 32.6 Å². The third kappa shape index (κ3) is 4.43. The second-order valence-electron chi connectivity index (χ2n) is 6.63. The zero-order valence-corrected chi connectivity index (χ0v) is 13.6. The van der Waals surface area contributed by atoms with Crippen LogP contribution in [0.1, 0.15) is 45.4 Å². The minimum Gasteiger partial charge on any atom is -0.481 e. The molecule has 2 fully saturated rings. The van der Waals surface area contributed by atoms with Gasteiger partial charge >= 0.3 is 5.97 Å². The summed E-state index contributed by atoms with van der Waals surface area (Å²) >= 11 is 0. The maximum Gasteiger partial charge on any atom is 0.311 e. The van der Waals surface area contributed by atoms with E-state index in [0.29, 0.717) is 26.1 Å². The molecule has 1 saturated carbocycles. The van der Waals surface area contributed by atoms with Gasteiger partial charge in [-0.15, -0.1) is 0 Å². The van der Waals surface area contributed by atoms with E-state index in [-0.39, 0.29) is 24.3 Å². The Morgan fingerprint density at radius 3 is 2.39 bits per heavy atom. The molecule has 1 aliphatic carbocycles. The molecule has 1 saturated heterocycles. The van der Waals surface area contributed by atoms with Crippen LogP contribution < -0.4 is 10.6 Å². The number of rotatable bonds is 6. The molecule has 1 heterocycles. The number of carboxylic acids is 1. The van der Waals surface area contributed by atoms with Gasteiger partial charge in [0.2, 0.25) is 11.8 Å². The summed E-state index contributed by atoms with van der Waals surface area (Å²) in [6.07, 6.45) is 4.63. The highest BCUT2D eigenvalue weighted by Gasteiger charge is 2.40. The van der Waals surface area contributed by atoms with E-state index in [9.17, 15) is 19.5 Å². The van der Waals surface area contributed by atoms with E-state index >= 15 is 0 Å². The molecule has 0 aromatic carbocycles. The van der Waals surface area contributed by atoms with Crippen LogP contribution >= 0.6 is 0 Å². The molecule has 0 aromatic rings. The van der Waals surface area contributed by atoms with Gasteiger partial charge in [-0.2, -0.15) is 0 Å². The lowest BCUT2D eigenvalue weighted by Gasteiger charge is -2.33. The molecule has 2 rings (SSSR count). The summed E-state index contributed by atoms with van der Waals surface area (Å²) in [4.78, 5) is 35.7. The minimum atomic E-state index is -0.969. The van der Waals surface area contributed by atoms with Crippen molar-refractivity contribution >= 4 is 17.8 Å². The van der Waals surface area contributed by atoms with E-state index in [1.807, 2.05) is 0 Å². The van der Waals surface area contributed by atoms with Crippen LogP contribution in [0, 0.1) is 11.3 Å². The highest BCUT2D eigenvalue weighted by molar-refractivity contribution is 5.88. The van der Waals surface area contributed by atoms with E-state index < -0.39 is 17.4 Å². The van der Waals surface area contributed by atoms with E-state index in [0.717, 1.165) is 25.7 Å². The average molecular weight is 326 g/mol. The van der Waals surface area contributed by atoms with E-state index in [4.69, 9.17) is 4.74 Å². The summed E-state index contributed by atoms with van der Waals surface area (Å²) < 4.78 is 5.21. The fourth-order valence-electron chi connectivity index (χ4n) is 3.22. The van der Waals surface area contributed by atoms with Crippen LogP contribution in [-0.4, -0.2) is 48.7 Å². The van der Waals surface area contributed by atoms with Crippen LogP contribution in [0.4, 0.5) is 0 Å². The fraction of sp³-hybridized carbons (Fsp3) is 0.812. The number of aliphatic carboxylic acids is 1. The predicted octanol–water partition coefficient (Wildman–Crippen LogP) is 0.679. The molecule has 130 valence electrons. The predicted molar refractivity (Wildman–Crippen MR) is 82.7 cm³/mol. The number of hydrogen-bond donors (Lipinski definition) is 3. The molecule has 0 spiro atoms. The molecular formula is C16H26N2O5. The SMILES string of the molecule is CC(NC(=O)C1CCCC1)C(=O)NCC1(C(=O)O)CCOCC1. The summed E-state index contributed by atoms with van der Waals surface area (Å²) in [5.41, 5.74) is -0.969. The number of carboxylic acid groups (broad SMARTS) is 1. The molecule has 23 heavy (non-hydrogen) atoms. The molecule has 3 N–H and O–H groups in total. The molecule has 2 amide bonds. The second kappa shape index (κ2) is 7.77. The molecule has 1 atom stereocenters. The van der Waals surface area contributed by atoms with Gasteiger partial charge in [-0.25, -0.2) is 0 Å². The Labute approximate surface area is 136 Å². The summed E-state index contributed by atoms with van der Waals surface area (Å²) in [7, 11) is 0. The molecular weight excluding hydrogens is 300 g/mol. The highest BCUT2D eigenvalue weighted by Crippen LogP contribution is 2.30. The number of carbonyl (C=O) groups excluding carboxylic acids is 2. The van der Waals surface area contributed by atoms with Gasteiger partial charge in [0, 0.05) is 25.7 Å². The van der Waals surface area contributed by atoms with Gasteiger partial charge in [-0.1, -0.05) is 12.8 Å². The summed E-state index contributed by atoms with van der Waals surface area (Å²) in [5.74, 6) is -1.33. The lowest BCUT2D eigenvalue weighted by atomic mass is 9.80. The van der Waals surface area contributed by atoms with Crippen LogP contribution in [0.25, 0.3) is 0 Å². The standard InChI is InChI=1S/C16H26N2O5/c1-11(18-14(20)12-4-2-3-5-12)13(19)17-10-16(15(21)22)6-8-23-9-7-16/h11-12H,2-10H2,1H3,(H,17,19)(H,18,20)(H,21,22). The lowest BCUT2D eigenvalue weighted by Crippen LogP contribution is -2.51. The average Bonchev–Trinajstić information content (AvgIpc) is 3.07. The zero-order chi connectivity index (χ0) is 16.9. The van der Waals surface area contributed by atoms with Crippen molar-refractivity contribution in [1.29, 1.82) is 0 Å². The van der Waals surface area contributed by atoms with Crippen molar-refractivity contribution in [3.63, 3.8) is 0 Å². The van der Waals surface area contributed by atoms with Crippen LogP contribution in [0.2, 0.25) is 0 Å². The van der Waals surface area contributed by atoms with Crippen molar-refractivity contribution < 1.29 is 24.2 Å². The Morgan fingerprint density at radius 2 is 1.83 bits per heavy atom. The normalized spacial score (nSPS) is 22.3. The first-order valence-corrected chi connectivity index (χ1v) is 8.34. The number of nitrogens with one attached hydrogen (secondary N) is 2. The quantitative estimate of drug-likeness (QED) is 0.666. The van der Waals surface area contributed by atoms with Crippen molar-refractivity contribution in [2.24, 2.45) is 11.3 Å². The molecule has 1 aliphatic heterocycles. The Morgan fingerprint density at radius 1 is 1.22 bits per heavy atom. The first-order chi connectivity index (χ1) is 10.9. The number of hydrogen-bond acceptors (Lipinski definition) is 4. The Bertz CT molecular complexity index is 453. The molecule has 0 radical (unpaired) electrons. The monoisotopic (exact) mass is 326 g/mol. The smallest absolute Gasteiger partial charge is 0.311 e. The molecule has 7 nitrogen and oxygen atoms in total. The molecule has 7 heteroatoms. The van der Waals surface area contributed by atoms with Crippen molar-refractivity contribution in [2.45, 2.75) is 51.5 Å². The maximum atomic E-state index is 12.2.